The molecule has 2 aliphatic carbocycles. The van der Waals surface area contributed by atoms with Crippen LogP contribution in [0.15, 0.2) is 18.2 Å². The van der Waals surface area contributed by atoms with Crippen LogP contribution in [0, 0.1) is 5.92 Å². The molecule has 1 aromatic rings. The summed E-state index contributed by atoms with van der Waals surface area (Å²) >= 11 is 0. The first-order valence-electron chi connectivity index (χ1n) is 7.26. The monoisotopic (exact) mass is 257 g/mol. The van der Waals surface area contributed by atoms with Gasteiger partial charge in [-0.25, -0.2) is 0 Å². The van der Waals surface area contributed by atoms with Crippen LogP contribution in [0.1, 0.15) is 36.8 Å². The van der Waals surface area contributed by atoms with Gasteiger partial charge < -0.3 is 10.4 Å². The molecular weight excluding hydrogens is 238 g/mol. The van der Waals surface area contributed by atoms with Crippen LogP contribution >= 0.6 is 0 Å². The number of rotatable bonds is 0. The molecular formula is C16H19NO2. The maximum atomic E-state index is 11.8. The summed E-state index contributed by atoms with van der Waals surface area (Å²) in [4.78, 5) is 11.8. The number of phenolic OH excluding ortho intramolecular Hbond substituents is 1. The molecule has 100 valence electrons. The summed E-state index contributed by atoms with van der Waals surface area (Å²) in [5.41, 5.74) is 2.82. The molecule has 0 unspecified atom stereocenters. The Morgan fingerprint density at radius 2 is 2.16 bits per heavy atom. The summed E-state index contributed by atoms with van der Waals surface area (Å²) in [6, 6.07) is 6.26. The summed E-state index contributed by atoms with van der Waals surface area (Å²) in [5.74, 6) is 1.20. The minimum Gasteiger partial charge on any atom is -0.508 e. The van der Waals surface area contributed by atoms with Gasteiger partial charge in [0, 0.05) is 24.3 Å². The Morgan fingerprint density at radius 3 is 3.05 bits per heavy atom. The van der Waals surface area contributed by atoms with Crippen molar-refractivity contribution in [2.24, 2.45) is 5.92 Å². The van der Waals surface area contributed by atoms with Crippen LogP contribution in [0.5, 0.6) is 5.75 Å². The van der Waals surface area contributed by atoms with Crippen molar-refractivity contribution in [2.45, 2.75) is 43.6 Å². The number of hydrogen-bond acceptors (Lipinski definition) is 3. The van der Waals surface area contributed by atoms with Gasteiger partial charge in [0.05, 0.1) is 0 Å². The minimum absolute atomic E-state index is 0.135. The third-order valence-electron chi connectivity index (χ3n) is 5.54. The largest absolute Gasteiger partial charge is 0.508 e. The van der Waals surface area contributed by atoms with Crippen molar-refractivity contribution in [3.05, 3.63) is 29.3 Å². The van der Waals surface area contributed by atoms with Gasteiger partial charge in [-0.05, 0) is 55.0 Å². The highest BCUT2D eigenvalue weighted by Crippen LogP contribution is 2.53. The molecule has 1 saturated heterocycles. The lowest BCUT2D eigenvalue weighted by Crippen LogP contribution is -2.60. The van der Waals surface area contributed by atoms with Crippen LogP contribution in [0.3, 0.4) is 0 Å². The molecule has 0 spiro atoms. The van der Waals surface area contributed by atoms with Crippen molar-refractivity contribution < 1.29 is 9.90 Å². The summed E-state index contributed by atoms with van der Waals surface area (Å²) in [6.45, 7) is 1.03. The van der Waals surface area contributed by atoms with Gasteiger partial charge in [0.25, 0.3) is 0 Å². The van der Waals surface area contributed by atoms with Gasteiger partial charge in [-0.15, -0.1) is 0 Å². The number of Topliss-reactive ketones (excluding diaryl/α,β-unsaturated/α-hetero) is 1. The van der Waals surface area contributed by atoms with Crippen LogP contribution in [0.2, 0.25) is 0 Å². The van der Waals surface area contributed by atoms with Crippen molar-refractivity contribution in [1.82, 2.24) is 5.32 Å². The van der Waals surface area contributed by atoms with E-state index in [0.29, 0.717) is 36.3 Å². The van der Waals surface area contributed by atoms with Crippen molar-refractivity contribution in [1.29, 1.82) is 0 Å². The first kappa shape index (κ1) is 11.5. The average molecular weight is 257 g/mol. The molecule has 0 amide bonds. The summed E-state index contributed by atoms with van der Waals surface area (Å²) < 4.78 is 0. The van der Waals surface area contributed by atoms with E-state index in [4.69, 9.17) is 0 Å². The normalized spacial score (nSPS) is 36.5. The molecule has 19 heavy (non-hydrogen) atoms. The molecule has 2 fully saturated rings. The van der Waals surface area contributed by atoms with E-state index >= 15 is 0 Å². The fourth-order valence-electron chi connectivity index (χ4n) is 4.68. The Morgan fingerprint density at radius 1 is 1.26 bits per heavy atom. The van der Waals surface area contributed by atoms with Crippen LogP contribution in [0.25, 0.3) is 0 Å². The molecule has 2 bridgehead atoms. The van der Waals surface area contributed by atoms with Crippen LogP contribution in [-0.2, 0) is 16.6 Å². The van der Waals surface area contributed by atoms with Crippen molar-refractivity contribution in [3.8, 4) is 5.75 Å². The molecule has 1 saturated carbocycles. The molecule has 3 atom stereocenters. The summed E-state index contributed by atoms with van der Waals surface area (Å²) in [7, 11) is 0. The van der Waals surface area contributed by atoms with E-state index in [1.54, 1.807) is 6.07 Å². The third kappa shape index (κ3) is 1.51. The molecule has 3 heteroatoms. The zero-order valence-corrected chi connectivity index (χ0v) is 11.0. The highest BCUT2D eigenvalue weighted by atomic mass is 16.3. The van der Waals surface area contributed by atoms with Gasteiger partial charge in [0.1, 0.15) is 11.5 Å². The van der Waals surface area contributed by atoms with E-state index in [1.165, 1.54) is 11.1 Å². The number of ketones is 1. The van der Waals surface area contributed by atoms with E-state index in [0.717, 1.165) is 25.8 Å². The van der Waals surface area contributed by atoms with Gasteiger partial charge in [0.2, 0.25) is 0 Å². The number of aromatic hydroxyl groups is 1. The lowest BCUT2D eigenvalue weighted by Gasteiger charge is -2.55. The second-order valence-corrected chi connectivity index (χ2v) is 6.36. The number of hydrogen-bond donors (Lipinski definition) is 2. The van der Waals surface area contributed by atoms with Crippen LogP contribution < -0.4 is 5.32 Å². The summed E-state index contributed by atoms with van der Waals surface area (Å²) in [5, 5.41) is 13.4. The maximum Gasteiger partial charge on any atom is 0.133 e. The molecule has 0 aromatic heterocycles. The van der Waals surface area contributed by atoms with Gasteiger partial charge in [0.15, 0.2) is 0 Å². The molecule has 4 rings (SSSR count). The van der Waals surface area contributed by atoms with E-state index in [1.807, 2.05) is 6.07 Å². The van der Waals surface area contributed by atoms with Crippen molar-refractivity contribution in [2.75, 3.05) is 6.54 Å². The highest BCUT2D eigenvalue weighted by Gasteiger charge is 2.53. The first-order valence-corrected chi connectivity index (χ1v) is 7.26. The fraction of sp³-hybridized carbons (Fsp3) is 0.562. The number of piperidine rings is 1. The number of phenols is 1. The smallest absolute Gasteiger partial charge is 0.133 e. The lowest BCUT2D eigenvalue weighted by atomic mass is 9.52. The predicted octanol–water partition coefficient (Wildman–Crippen LogP) is 1.92. The predicted molar refractivity (Wildman–Crippen MR) is 72.2 cm³/mol. The van der Waals surface area contributed by atoms with Crippen LogP contribution in [0.4, 0.5) is 0 Å². The Bertz CT molecular complexity index is 554. The number of carbonyl (C=O) groups excluding carboxylic acids is 1. The van der Waals surface area contributed by atoms with Crippen molar-refractivity contribution >= 4 is 5.78 Å². The van der Waals surface area contributed by atoms with E-state index in [-0.39, 0.29) is 5.41 Å². The van der Waals surface area contributed by atoms with Crippen molar-refractivity contribution in [3.63, 3.8) is 0 Å². The van der Waals surface area contributed by atoms with Gasteiger partial charge in [-0.1, -0.05) is 6.07 Å². The number of nitrogens with one attached hydrogen (secondary N) is 1. The molecule has 1 aromatic carbocycles. The molecule has 3 aliphatic rings. The van der Waals surface area contributed by atoms with Gasteiger partial charge in [-0.3, -0.25) is 4.79 Å². The Hall–Kier alpha value is -1.35. The molecule has 1 aliphatic heterocycles. The number of benzene rings is 1. The molecule has 3 nitrogen and oxygen atoms in total. The Balaban J connectivity index is 1.90. The topological polar surface area (TPSA) is 49.3 Å². The second kappa shape index (κ2) is 3.83. The Kier molecular flexibility index (Phi) is 2.31. The highest BCUT2D eigenvalue weighted by molar-refractivity contribution is 5.80. The van der Waals surface area contributed by atoms with E-state index in [2.05, 4.69) is 11.4 Å². The quantitative estimate of drug-likeness (QED) is 0.746. The Labute approximate surface area is 113 Å². The first-order chi connectivity index (χ1) is 9.19. The minimum atomic E-state index is 0.135. The maximum absolute atomic E-state index is 11.8. The zero-order chi connectivity index (χ0) is 13.0. The van der Waals surface area contributed by atoms with Gasteiger partial charge >= 0.3 is 0 Å². The van der Waals surface area contributed by atoms with E-state index in [9.17, 15) is 9.90 Å². The SMILES string of the molecule is O=C1CC[C@]23CCN[C@H](Cc4ccc(O)cc42)[C@@H]3C1. The number of fused-ring (bicyclic) bond motifs is 1. The number of carbonyl (C=O) groups is 1. The summed E-state index contributed by atoms with van der Waals surface area (Å²) in [6.07, 6.45) is 4.48. The molecule has 2 N–H and O–H groups in total. The average Bonchev–Trinajstić information content (AvgIpc) is 2.40. The molecule has 0 radical (unpaired) electrons. The zero-order valence-electron chi connectivity index (χ0n) is 11.0. The van der Waals surface area contributed by atoms with Gasteiger partial charge in [-0.2, -0.15) is 0 Å². The second-order valence-electron chi connectivity index (χ2n) is 6.36. The molecule has 1 heterocycles. The van der Waals surface area contributed by atoms with E-state index < -0.39 is 0 Å². The standard InChI is InChI=1S/C16H19NO2/c18-11-2-1-10-7-15-14-9-12(19)3-4-16(14,5-6-17-15)13(10)8-11/h1-2,8,14-15,17-18H,3-7,9H2/t14-,15+,16-/m0/s1. The van der Waals surface area contributed by atoms with Crippen LogP contribution in [-0.4, -0.2) is 23.5 Å². The third-order valence-corrected chi connectivity index (χ3v) is 5.54. The fourth-order valence-corrected chi connectivity index (χ4v) is 4.68. The lowest BCUT2D eigenvalue weighted by molar-refractivity contribution is -0.125.